The van der Waals surface area contributed by atoms with Gasteiger partial charge >= 0.3 is 0 Å². The number of amides is 1. The highest BCUT2D eigenvalue weighted by molar-refractivity contribution is 5.88. The van der Waals surface area contributed by atoms with Crippen molar-refractivity contribution in [1.82, 2.24) is 10.3 Å². The van der Waals surface area contributed by atoms with Crippen molar-refractivity contribution < 1.29 is 9.53 Å². The average molecular weight is 379 g/mol. The average Bonchev–Trinajstić information content (AvgIpc) is 3.14. The van der Waals surface area contributed by atoms with E-state index in [0.29, 0.717) is 19.6 Å². The molecule has 1 aromatic heterocycles. The summed E-state index contributed by atoms with van der Waals surface area (Å²) in [6, 6.07) is 14.9. The number of aromatic nitrogens is 1. The van der Waals surface area contributed by atoms with E-state index in [2.05, 4.69) is 72.8 Å². The van der Waals surface area contributed by atoms with E-state index < -0.39 is 0 Å². The van der Waals surface area contributed by atoms with Crippen LogP contribution in [-0.4, -0.2) is 31.2 Å². The fourth-order valence-electron chi connectivity index (χ4n) is 3.73. The molecule has 0 bridgehead atoms. The van der Waals surface area contributed by atoms with Crippen LogP contribution in [0.15, 0.2) is 48.7 Å². The Morgan fingerprint density at radius 3 is 2.68 bits per heavy atom. The number of aromatic amines is 1. The molecule has 0 unspecified atom stereocenters. The zero-order valence-electron chi connectivity index (χ0n) is 17.0. The number of aryl methyl sites for hydroxylation is 2. The molecule has 0 aliphatic rings. The summed E-state index contributed by atoms with van der Waals surface area (Å²) in [5.41, 5.74) is 6.05. The number of hydrogen-bond donors (Lipinski definition) is 2. The van der Waals surface area contributed by atoms with Crippen LogP contribution in [0.1, 0.15) is 47.9 Å². The molecule has 3 aromatic rings. The van der Waals surface area contributed by atoms with Gasteiger partial charge in [0.1, 0.15) is 0 Å². The van der Waals surface area contributed by atoms with Crippen LogP contribution >= 0.6 is 0 Å². The molecule has 2 N–H and O–H groups in total. The lowest BCUT2D eigenvalue weighted by molar-refractivity contribution is -0.121. The molecule has 1 heterocycles. The predicted molar refractivity (Wildman–Crippen MR) is 115 cm³/mol. The lowest BCUT2D eigenvalue weighted by Gasteiger charge is -2.18. The molecule has 0 saturated carbocycles. The van der Waals surface area contributed by atoms with Gasteiger partial charge in [0.05, 0.1) is 0 Å². The van der Waals surface area contributed by atoms with E-state index in [0.717, 1.165) is 12.8 Å². The molecule has 1 amide bonds. The van der Waals surface area contributed by atoms with Gasteiger partial charge < -0.3 is 15.0 Å². The Kier molecular flexibility index (Phi) is 6.88. The van der Waals surface area contributed by atoms with Crippen molar-refractivity contribution in [3.63, 3.8) is 0 Å². The SMILES string of the molecule is CCc1cccc2c([C@@H](CC(=O)NCCCOC)c3ccc(C)cc3)c[nH]c12. The maximum atomic E-state index is 12.6. The standard InChI is InChI=1S/C24H30N2O2/c1-4-18-7-5-8-20-22(16-26-24(18)20)21(19-11-9-17(2)10-12-19)15-23(27)25-13-6-14-28-3/h5,7-12,16,21,26H,4,6,13-15H2,1-3H3,(H,25,27)/t21-/m0/s1. The largest absolute Gasteiger partial charge is 0.385 e. The number of carbonyl (C=O) groups excluding carboxylic acids is 1. The Morgan fingerprint density at radius 1 is 1.18 bits per heavy atom. The van der Waals surface area contributed by atoms with Crippen molar-refractivity contribution in [3.8, 4) is 0 Å². The fourth-order valence-corrected chi connectivity index (χ4v) is 3.73. The first-order valence-corrected chi connectivity index (χ1v) is 10.0. The first-order chi connectivity index (χ1) is 13.6. The Labute approximate surface area is 167 Å². The summed E-state index contributed by atoms with van der Waals surface area (Å²) in [4.78, 5) is 16.1. The van der Waals surface area contributed by atoms with Gasteiger partial charge in [-0.25, -0.2) is 0 Å². The third kappa shape index (κ3) is 4.63. The van der Waals surface area contributed by atoms with Crippen molar-refractivity contribution in [2.75, 3.05) is 20.3 Å². The van der Waals surface area contributed by atoms with Gasteiger partial charge in [0, 0.05) is 49.7 Å². The van der Waals surface area contributed by atoms with Crippen molar-refractivity contribution in [2.24, 2.45) is 0 Å². The lowest BCUT2D eigenvalue weighted by atomic mass is 9.87. The summed E-state index contributed by atoms with van der Waals surface area (Å²) in [7, 11) is 1.68. The second kappa shape index (κ2) is 9.56. The minimum absolute atomic E-state index is 0.0175. The number of nitrogens with one attached hydrogen (secondary N) is 2. The topological polar surface area (TPSA) is 54.1 Å². The van der Waals surface area contributed by atoms with Crippen molar-refractivity contribution >= 4 is 16.8 Å². The van der Waals surface area contributed by atoms with Gasteiger partial charge in [-0.1, -0.05) is 55.0 Å². The van der Waals surface area contributed by atoms with Gasteiger partial charge in [-0.15, -0.1) is 0 Å². The number of methoxy groups -OCH3 is 1. The molecule has 0 saturated heterocycles. The highest BCUT2D eigenvalue weighted by Gasteiger charge is 2.22. The summed E-state index contributed by atoms with van der Waals surface area (Å²) in [6.07, 6.45) is 4.31. The number of rotatable bonds is 9. The monoisotopic (exact) mass is 378 g/mol. The summed E-state index contributed by atoms with van der Waals surface area (Å²) in [5.74, 6) is 0.0894. The summed E-state index contributed by atoms with van der Waals surface area (Å²) >= 11 is 0. The van der Waals surface area contributed by atoms with Gasteiger partial charge in [0.15, 0.2) is 0 Å². The molecule has 1 atom stereocenters. The fraction of sp³-hybridized carbons (Fsp3) is 0.375. The van der Waals surface area contributed by atoms with Crippen molar-refractivity contribution in [2.45, 2.75) is 39.0 Å². The Morgan fingerprint density at radius 2 is 1.96 bits per heavy atom. The lowest BCUT2D eigenvalue weighted by Crippen LogP contribution is -2.27. The van der Waals surface area contributed by atoms with Crippen LogP contribution in [0, 0.1) is 6.92 Å². The smallest absolute Gasteiger partial charge is 0.220 e. The maximum absolute atomic E-state index is 12.6. The number of H-pyrrole nitrogens is 1. The highest BCUT2D eigenvalue weighted by atomic mass is 16.5. The number of para-hydroxylation sites is 1. The molecule has 0 aliphatic carbocycles. The van der Waals surface area contributed by atoms with Gasteiger partial charge in [-0.2, -0.15) is 0 Å². The number of benzene rings is 2. The van der Waals surface area contributed by atoms with Crippen LogP contribution < -0.4 is 5.32 Å². The molecule has 4 nitrogen and oxygen atoms in total. The van der Waals surface area contributed by atoms with E-state index in [-0.39, 0.29) is 11.8 Å². The van der Waals surface area contributed by atoms with Crippen LogP contribution in [0.5, 0.6) is 0 Å². The number of hydrogen-bond acceptors (Lipinski definition) is 2. The summed E-state index contributed by atoms with van der Waals surface area (Å²) in [5, 5.41) is 4.24. The van der Waals surface area contributed by atoms with Crippen LogP contribution in [-0.2, 0) is 16.0 Å². The van der Waals surface area contributed by atoms with Crippen LogP contribution in [0.3, 0.4) is 0 Å². The third-order valence-corrected chi connectivity index (χ3v) is 5.31. The maximum Gasteiger partial charge on any atom is 0.220 e. The summed E-state index contributed by atoms with van der Waals surface area (Å²) in [6.45, 7) is 5.55. The molecular formula is C24H30N2O2. The molecule has 0 spiro atoms. The highest BCUT2D eigenvalue weighted by Crippen LogP contribution is 2.34. The van der Waals surface area contributed by atoms with E-state index in [4.69, 9.17) is 4.74 Å². The first kappa shape index (κ1) is 20.2. The zero-order chi connectivity index (χ0) is 19.9. The third-order valence-electron chi connectivity index (χ3n) is 5.31. The number of ether oxygens (including phenoxy) is 1. The van der Waals surface area contributed by atoms with Gasteiger partial charge in [-0.3, -0.25) is 4.79 Å². The Hall–Kier alpha value is -2.59. The minimum Gasteiger partial charge on any atom is -0.385 e. The van der Waals surface area contributed by atoms with E-state index in [1.54, 1.807) is 7.11 Å². The van der Waals surface area contributed by atoms with Crippen LogP contribution in [0.25, 0.3) is 10.9 Å². The normalized spacial score (nSPS) is 12.2. The van der Waals surface area contributed by atoms with E-state index >= 15 is 0 Å². The molecule has 148 valence electrons. The van der Waals surface area contributed by atoms with E-state index in [1.165, 1.54) is 33.2 Å². The Balaban J connectivity index is 1.91. The number of fused-ring (bicyclic) bond motifs is 1. The molecule has 0 radical (unpaired) electrons. The zero-order valence-corrected chi connectivity index (χ0v) is 17.0. The second-order valence-electron chi connectivity index (χ2n) is 7.30. The summed E-state index contributed by atoms with van der Waals surface area (Å²) < 4.78 is 5.06. The van der Waals surface area contributed by atoms with E-state index in [9.17, 15) is 4.79 Å². The quantitative estimate of drug-likeness (QED) is 0.530. The van der Waals surface area contributed by atoms with E-state index in [1.807, 2.05) is 0 Å². The number of carbonyl (C=O) groups is 1. The van der Waals surface area contributed by atoms with Crippen LogP contribution in [0.4, 0.5) is 0 Å². The first-order valence-electron chi connectivity index (χ1n) is 10.0. The Bertz CT molecular complexity index is 912. The van der Waals surface area contributed by atoms with Gasteiger partial charge in [0.25, 0.3) is 0 Å². The van der Waals surface area contributed by atoms with Crippen LogP contribution in [0.2, 0.25) is 0 Å². The van der Waals surface area contributed by atoms with Crippen molar-refractivity contribution in [1.29, 1.82) is 0 Å². The molecule has 0 aliphatic heterocycles. The molecule has 3 rings (SSSR count). The van der Waals surface area contributed by atoms with Gasteiger partial charge in [-0.05, 0) is 36.5 Å². The molecule has 4 heteroatoms. The van der Waals surface area contributed by atoms with Crippen molar-refractivity contribution in [3.05, 3.63) is 70.9 Å². The van der Waals surface area contributed by atoms with Gasteiger partial charge in [0.2, 0.25) is 5.91 Å². The minimum atomic E-state index is 0.0175. The molecular weight excluding hydrogens is 348 g/mol. The predicted octanol–water partition coefficient (Wildman–Crippen LogP) is 4.71. The molecule has 28 heavy (non-hydrogen) atoms. The molecule has 0 fully saturated rings. The second-order valence-corrected chi connectivity index (χ2v) is 7.30. The molecule has 2 aromatic carbocycles.